The summed E-state index contributed by atoms with van der Waals surface area (Å²) < 4.78 is 0. The summed E-state index contributed by atoms with van der Waals surface area (Å²) in [5, 5.41) is 5.40. The van der Waals surface area contributed by atoms with Crippen LogP contribution in [0.3, 0.4) is 0 Å². The van der Waals surface area contributed by atoms with Crippen LogP contribution < -0.4 is 5.43 Å². The third-order valence-corrected chi connectivity index (χ3v) is 4.92. The molecule has 0 fully saturated rings. The molecule has 2 aromatic carbocycles. The summed E-state index contributed by atoms with van der Waals surface area (Å²) in [7, 11) is 0. The van der Waals surface area contributed by atoms with Gasteiger partial charge >= 0.3 is 0 Å². The maximum absolute atomic E-state index is 12.4. The van der Waals surface area contributed by atoms with E-state index < -0.39 is 0 Å². The van der Waals surface area contributed by atoms with Gasteiger partial charge in [-0.1, -0.05) is 56.3 Å². The van der Waals surface area contributed by atoms with Crippen molar-refractivity contribution in [1.82, 2.24) is 10.4 Å². The summed E-state index contributed by atoms with van der Waals surface area (Å²) in [4.78, 5) is 15.7. The molecule has 2 N–H and O–H groups in total. The van der Waals surface area contributed by atoms with Crippen LogP contribution in [0, 0.1) is 0 Å². The summed E-state index contributed by atoms with van der Waals surface area (Å²) in [5.74, 6) is 0.224. The number of hydrazone groups is 1. The number of para-hydroxylation sites is 1. The molecule has 4 nitrogen and oxygen atoms in total. The topological polar surface area (TPSA) is 57.2 Å². The predicted molar refractivity (Wildman–Crippen MR) is 101 cm³/mol. The number of aromatic nitrogens is 1. The number of hydrogen-bond donors (Lipinski definition) is 2. The van der Waals surface area contributed by atoms with Crippen LogP contribution in [0.4, 0.5) is 0 Å². The molecule has 126 valence electrons. The molecule has 1 aromatic heterocycles. The van der Waals surface area contributed by atoms with Crippen LogP contribution >= 0.6 is 0 Å². The van der Waals surface area contributed by atoms with Crippen molar-refractivity contribution in [2.75, 3.05) is 0 Å². The minimum atomic E-state index is -0.228. The number of benzene rings is 2. The van der Waals surface area contributed by atoms with E-state index in [2.05, 4.69) is 59.7 Å². The number of aromatic amines is 1. The minimum Gasteiger partial charge on any atom is -0.361 e. The van der Waals surface area contributed by atoms with Crippen LogP contribution in [-0.2, 0) is 4.79 Å². The Morgan fingerprint density at radius 1 is 1.08 bits per heavy atom. The van der Waals surface area contributed by atoms with E-state index >= 15 is 0 Å². The molecule has 1 atom stereocenters. The van der Waals surface area contributed by atoms with Gasteiger partial charge in [-0.25, -0.2) is 5.43 Å². The normalized spacial score (nSPS) is 17.6. The molecule has 2 heterocycles. The first kappa shape index (κ1) is 15.6. The van der Waals surface area contributed by atoms with Crippen molar-refractivity contribution in [3.05, 3.63) is 71.4 Å². The summed E-state index contributed by atoms with van der Waals surface area (Å²) in [6.45, 7) is 4.36. The van der Waals surface area contributed by atoms with Gasteiger partial charge in [0.05, 0.1) is 11.6 Å². The highest BCUT2D eigenvalue weighted by Crippen LogP contribution is 2.31. The zero-order valence-corrected chi connectivity index (χ0v) is 14.4. The smallest absolute Gasteiger partial charge is 0.248 e. The minimum absolute atomic E-state index is 0.0488. The fourth-order valence-corrected chi connectivity index (χ4v) is 3.41. The fourth-order valence-electron chi connectivity index (χ4n) is 3.41. The molecule has 4 rings (SSSR count). The molecule has 0 spiro atoms. The number of hydrogen-bond acceptors (Lipinski definition) is 2. The molecule has 3 aromatic rings. The number of rotatable bonds is 3. The Labute approximate surface area is 147 Å². The molecule has 0 saturated carbocycles. The number of nitrogens with one attached hydrogen (secondary N) is 2. The molecule has 0 radical (unpaired) electrons. The number of H-pyrrole nitrogens is 1. The molecule has 0 unspecified atom stereocenters. The Morgan fingerprint density at radius 2 is 1.84 bits per heavy atom. The van der Waals surface area contributed by atoms with E-state index in [9.17, 15) is 4.79 Å². The molecule has 0 aliphatic carbocycles. The lowest BCUT2D eigenvalue weighted by Crippen LogP contribution is -2.33. The molecule has 25 heavy (non-hydrogen) atoms. The highest BCUT2D eigenvalue weighted by molar-refractivity contribution is 6.07. The van der Waals surface area contributed by atoms with E-state index in [-0.39, 0.29) is 11.8 Å². The van der Waals surface area contributed by atoms with Crippen molar-refractivity contribution in [3.8, 4) is 0 Å². The van der Waals surface area contributed by atoms with Crippen molar-refractivity contribution >= 4 is 22.5 Å². The monoisotopic (exact) mass is 331 g/mol. The standard InChI is InChI=1S/C21H21N3O/c1-13(2)14-7-9-15(10-8-14)20-11-17(21(25)24-23-20)18-12-22-19-6-4-3-5-16(18)19/h3-10,12-13,17,22H,11H2,1-2H3,(H,24,25)/t17-/m1/s1. The second-order valence-electron chi connectivity index (χ2n) is 6.86. The number of carbonyl (C=O) groups is 1. The van der Waals surface area contributed by atoms with E-state index in [0.29, 0.717) is 12.3 Å². The molecular formula is C21H21N3O. The lowest BCUT2D eigenvalue weighted by Gasteiger charge is -2.21. The maximum atomic E-state index is 12.4. The SMILES string of the molecule is CC(C)c1ccc(C2=NNC(=O)[C@@H](c3c[nH]c4ccccc34)C2)cc1. The van der Waals surface area contributed by atoms with E-state index in [0.717, 1.165) is 27.7 Å². The van der Waals surface area contributed by atoms with Crippen LogP contribution in [0.5, 0.6) is 0 Å². The second-order valence-corrected chi connectivity index (χ2v) is 6.86. The van der Waals surface area contributed by atoms with Gasteiger partial charge in [-0.2, -0.15) is 5.10 Å². The Bertz CT molecular complexity index is 951. The van der Waals surface area contributed by atoms with E-state index in [1.165, 1.54) is 5.56 Å². The fraction of sp³-hybridized carbons (Fsp3) is 0.238. The van der Waals surface area contributed by atoms with Gasteiger partial charge in [0.15, 0.2) is 0 Å². The summed E-state index contributed by atoms with van der Waals surface area (Å²) in [6, 6.07) is 16.5. The summed E-state index contributed by atoms with van der Waals surface area (Å²) in [5.41, 5.74) is 8.07. The van der Waals surface area contributed by atoms with Crippen LogP contribution in [0.15, 0.2) is 59.8 Å². The molecule has 1 aliphatic heterocycles. The third kappa shape index (κ3) is 2.84. The summed E-state index contributed by atoms with van der Waals surface area (Å²) >= 11 is 0. The van der Waals surface area contributed by atoms with Gasteiger partial charge in [0.2, 0.25) is 5.91 Å². The Kier molecular flexibility index (Phi) is 3.88. The molecular weight excluding hydrogens is 310 g/mol. The molecule has 4 heteroatoms. The van der Waals surface area contributed by atoms with Crippen molar-refractivity contribution in [1.29, 1.82) is 0 Å². The van der Waals surface area contributed by atoms with Crippen molar-refractivity contribution in [2.45, 2.75) is 32.1 Å². The number of amides is 1. The van der Waals surface area contributed by atoms with E-state index in [1.807, 2.05) is 24.4 Å². The number of fused-ring (bicyclic) bond motifs is 1. The predicted octanol–water partition coefficient (Wildman–Crippen LogP) is 4.30. The first-order chi connectivity index (χ1) is 12.1. The number of carbonyl (C=O) groups excluding carboxylic acids is 1. The quantitative estimate of drug-likeness (QED) is 0.738. The first-order valence-corrected chi connectivity index (χ1v) is 8.66. The summed E-state index contributed by atoms with van der Waals surface area (Å²) in [6.07, 6.45) is 2.55. The lowest BCUT2D eigenvalue weighted by atomic mass is 9.88. The first-order valence-electron chi connectivity index (χ1n) is 8.66. The zero-order chi connectivity index (χ0) is 17.4. The van der Waals surface area contributed by atoms with E-state index in [4.69, 9.17) is 0 Å². The van der Waals surface area contributed by atoms with Gasteiger partial charge in [0, 0.05) is 23.5 Å². The number of nitrogens with zero attached hydrogens (tertiary/aromatic N) is 1. The highest BCUT2D eigenvalue weighted by atomic mass is 16.2. The Hall–Kier alpha value is -2.88. The maximum Gasteiger partial charge on any atom is 0.248 e. The molecule has 0 bridgehead atoms. The van der Waals surface area contributed by atoms with Crippen LogP contribution in [-0.4, -0.2) is 16.6 Å². The molecule has 1 aliphatic rings. The largest absolute Gasteiger partial charge is 0.361 e. The average molecular weight is 331 g/mol. The van der Waals surface area contributed by atoms with Crippen LogP contribution in [0.1, 0.15) is 48.8 Å². The van der Waals surface area contributed by atoms with Gasteiger partial charge < -0.3 is 4.98 Å². The van der Waals surface area contributed by atoms with Gasteiger partial charge in [-0.15, -0.1) is 0 Å². The molecule has 0 saturated heterocycles. The van der Waals surface area contributed by atoms with Gasteiger partial charge in [0.1, 0.15) is 0 Å². The zero-order valence-electron chi connectivity index (χ0n) is 14.4. The van der Waals surface area contributed by atoms with Crippen molar-refractivity contribution in [2.24, 2.45) is 5.10 Å². The van der Waals surface area contributed by atoms with Crippen molar-refractivity contribution < 1.29 is 4.79 Å². The third-order valence-electron chi connectivity index (χ3n) is 4.92. The Morgan fingerprint density at radius 3 is 2.60 bits per heavy atom. The van der Waals surface area contributed by atoms with Crippen molar-refractivity contribution in [3.63, 3.8) is 0 Å². The lowest BCUT2D eigenvalue weighted by molar-refractivity contribution is -0.122. The van der Waals surface area contributed by atoms with Gasteiger partial charge in [0.25, 0.3) is 0 Å². The average Bonchev–Trinajstić information content (AvgIpc) is 3.06. The van der Waals surface area contributed by atoms with Crippen LogP contribution in [0.25, 0.3) is 10.9 Å². The van der Waals surface area contributed by atoms with Crippen LogP contribution in [0.2, 0.25) is 0 Å². The van der Waals surface area contributed by atoms with E-state index in [1.54, 1.807) is 0 Å². The molecule has 1 amide bonds. The second kappa shape index (κ2) is 6.20. The highest BCUT2D eigenvalue weighted by Gasteiger charge is 2.29. The van der Waals surface area contributed by atoms with Gasteiger partial charge in [-0.3, -0.25) is 4.79 Å². The Balaban J connectivity index is 1.66. The van der Waals surface area contributed by atoms with Gasteiger partial charge in [-0.05, 0) is 28.7 Å².